The molecule has 5 atom stereocenters. The summed E-state index contributed by atoms with van der Waals surface area (Å²) in [5.74, 6) is -2.56. The number of carbonyl (C=O) groups is 4. The van der Waals surface area contributed by atoms with Gasteiger partial charge >= 0.3 is 23.9 Å². The lowest BCUT2D eigenvalue weighted by molar-refractivity contribution is -0.237. The Morgan fingerprint density at radius 1 is 0.846 bits per heavy atom. The Labute approximate surface area is 159 Å². The zero-order chi connectivity index (χ0) is 19.9. The number of rotatable bonds is 7. The first-order valence-electron chi connectivity index (χ1n) is 7.63. The van der Waals surface area contributed by atoms with Crippen LogP contribution in [0, 0.1) is 0 Å². The van der Waals surface area contributed by atoms with E-state index in [1.54, 1.807) is 0 Å². The normalized spacial score (nSPS) is 28.0. The van der Waals surface area contributed by atoms with E-state index in [1.807, 2.05) is 0 Å². The first-order chi connectivity index (χ1) is 12.1. The highest BCUT2D eigenvalue weighted by Gasteiger charge is 2.52. The zero-order valence-electron chi connectivity index (χ0n) is 14.8. The fourth-order valence-corrected chi connectivity index (χ4v) is 3.50. The van der Waals surface area contributed by atoms with E-state index in [4.69, 9.17) is 35.3 Å². The molecule has 0 spiro atoms. The average Bonchev–Trinajstić information content (AvgIpc) is 2.50. The van der Waals surface area contributed by atoms with Crippen molar-refractivity contribution in [2.75, 3.05) is 11.8 Å². The molecule has 0 aromatic heterocycles. The van der Waals surface area contributed by atoms with Gasteiger partial charge in [-0.2, -0.15) is 0 Å². The number of alkyl halides is 1. The average molecular weight is 413 g/mol. The van der Waals surface area contributed by atoms with Crippen LogP contribution in [0.1, 0.15) is 27.7 Å². The van der Waals surface area contributed by atoms with Gasteiger partial charge in [-0.05, 0) is 0 Å². The number of esters is 4. The number of hydrogen-bond donors (Lipinski definition) is 0. The second-order valence-corrected chi connectivity index (χ2v) is 7.01. The standard InChI is InChI=1S/C15H21ClO9S/c1-7(17)21-5-11-12(22-8(2)18)13(23-9(3)19)14(24-10(4)20)15(25-11)26-6-16/h11-15H,5-6H2,1-4H3/t11-,12-,13+,14-,15+/m1/s1. The van der Waals surface area contributed by atoms with Gasteiger partial charge in [0.15, 0.2) is 18.3 Å². The van der Waals surface area contributed by atoms with Crippen molar-refractivity contribution in [3.8, 4) is 0 Å². The van der Waals surface area contributed by atoms with E-state index >= 15 is 0 Å². The molecule has 0 amide bonds. The lowest BCUT2D eigenvalue weighted by atomic mass is 9.99. The summed E-state index contributed by atoms with van der Waals surface area (Å²) in [5, 5.41) is 0.0910. The third kappa shape index (κ3) is 7.00. The fourth-order valence-electron chi connectivity index (χ4n) is 2.38. The molecule has 1 fully saturated rings. The molecule has 1 aliphatic heterocycles. The van der Waals surface area contributed by atoms with Crippen molar-refractivity contribution in [1.29, 1.82) is 0 Å². The summed E-state index contributed by atoms with van der Waals surface area (Å²) in [6, 6.07) is 0. The zero-order valence-corrected chi connectivity index (χ0v) is 16.3. The maximum absolute atomic E-state index is 11.5. The third-order valence-electron chi connectivity index (χ3n) is 3.18. The molecule has 0 saturated carbocycles. The van der Waals surface area contributed by atoms with Gasteiger partial charge in [0.25, 0.3) is 0 Å². The SMILES string of the molecule is CC(=O)OC[C@H]1O[C@@H](SCCl)[C@H](OC(C)=O)[C@@H](OC(C)=O)[C@@H]1OC(C)=O. The maximum atomic E-state index is 11.5. The molecule has 148 valence electrons. The fraction of sp³-hybridized carbons (Fsp3) is 0.733. The predicted molar refractivity (Wildman–Crippen MR) is 90.3 cm³/mol. The highest BCUT2D eigenvalue weighted by Crippen LogP contribution is 2.34. The Kier molecular flexibility index (Phi) is 9.17. The van der Waals surface area contributed by atoms with Crippen molar-refractivity contribution in [2.24, 2.45) is 0 Å². The lowest BCUT2D eigenvalue weighted by Crippen LogP contribution is -2.61. The molecule has 1 aliphatic rings. The molecule has 9 nitrogen and oxygen atoms in total. The molecule has 0 aliphatic carbocycles. The number of halogens is 1. The van der Waals surface area contributed by atoms with Crippen molar-refractivity contribution >= 4 is 47.2 Å². The first kappa shape index (κ1) is 22.5. The Morgan fingerprint density at radius 2 is 1.35 bits per heavy atom. The largest absolute Gasteiger partial charge is 0.463 e. The third-order valence-corrected chi connectivity index (χ3v) is 4.39. The van der Waals surface area contributed by atoms with Crippen molar-refractivity contribution in [3.63, 3.8) is 0 Å². The van der Waals surface area contributed by atoms with Crippen molar-refractivity contribution in [2.45, 2.75) is 57.5 Å². The predicted octanol–water partition coefficient (Wildman–Crippen LogP) is 0.999. The van der Waals surface area contributed by atoms with Gasteiger partial charge in [-0.25, -0.2) is 0 Å². The van der Waals surface area contributed by atoms with Crippen LogP contribution < -0.4 is 0 Å². The van der Waals surface area contributed by atoms with Gasteiger partial charge < -0.3 is 23.7 Å². The minimum absolute atomic E-state index is 0.0910. The lowest BCUT2D eigenvalue weighted by Gasteiger charge is -2.44. The van der Waals surface area contributed by atoms with Crippen LogP contribution in [0.5, 0.6) is 0 Å². The second kappa shape index (κ2) is 10.6. The monoisotopic (exact) mass is 412 g/mol. The summed E-state index contributed by atoms with van der Waals surface area (Å²) < 4.78 is 26.4. The summed E-state index contributed by atoms with van der Waals surface area (Å²) in [6.45, 7) is 4.46. The molecule has 0 aromatic rings. The van der Waals surface area contributed by atoms with Crippen molar-refractivity contribution < 1.29 is 42.9 Å². The maximum Gasteiger partial charge on any atom is 0.303 e. The Morgan fingerprint density at radius 3 is 1.81 bits per heavy atom. The van der Waals surface area contributed by atoms with Crippen LogP contribution in [-0.2, 0) is 42.9 Å². The van der Waals surface area contributed by atoms with E-state index in [0.717, 1.165) is 25.6 Å². The van der Waals surface area contributed by atoms with Gasteiger partial charge in [0.1, 0.15) is 18.1 Å². The molecule has 1 saturated heterocycles. The summed E-state index contributed by atoms with van der Waals surface area (Å²) in [6.07, 6.45) is -4.32. The van der Waals surface area contributed by atoms with E-state index in [2.05, 4.69) is 0 Å². The first-order valence-corrected chi connectivity index (χ1v) is 9.22. The van der Waals surface area contributed by atoms with E-state index in [-0.39, 0.29) is 11.8 Å². The summed E-state index contributed by atoms with van der Waals surface area (Å²) in [7, 11) is 0. The van der Waals surface area contributed by atoms with Gasteiger partial charge in [-0.1, -0.05) is 0 Å². The Balaban J connectivity index is 3.22. The topological polar surface area (TPSA) is 114 Å². The highest BCUT2D eigenvalue weighted by atomic mass is 35.5. The molecule has 1 rings (SSSR count). The van der Waals surface area contributed by atoms with Crippen LogP contribution in [0.3, 0.4) is 0 Å². The van der Waals surface area contributed by atoms with Crippen molar-refractivity contribution in [1.82, 2.24) is 0 Å². The van der Waals surface area contributed by atoms with Gasteiger partial charge in [-0.3, -0.25) is 19.2 Å². The van der Waals surface area contributed by atoms with Gasteiger partial charge in [0, 0.05) is 27.7 Å². The van der Waals surface area contributed by atoms with Crippen LogP contribution in [0.15, 0.2) is 0 Å². The second-order valence-electron chi connectivity index (χ2n) is 5.34. The molecular weight excluding hydrogens is 392 g/mol. The quantitative estimate of drug-likeness (QED) is 0.340. The van der Waals surface area contributed by atoms with Gasteiger partial charge in [0.05, 0.1) is 5.21 Å². The molecule has 26 heavy (non-hydrogen) atoms. The van der Waals surface area contributed by atoms with Crippen LogP contribution in [0.2, 0.25) is 0 Å². The molecule has 0 N–H and O–H groups in total. The van der Waals surface area contributed by atoms with E-state index in [0.29, 0.717) is 0 Å². The number of ether oxygens (including phenoxy) is 5. The Bertz CT molecular complexity index is 541. The van der Waals surface area contributed by atoms with Crippen LogP contribution in [-0.4, -0.2) is 65.5 Å². The summed E-state index contributed by atoms with van der Waals surface area (Å²) in [4.78, 5) is 45.7. The smallest absolute Gasteiger partial charge is 0.303 e. The van der Waals surface area contributed by atoms with Gasteiger partial charge in [0.2, 0.25) is 0 Å². The van der Waals surface area contributed by atoms with Crippen LogP contribution in [0.25, 0.3) is 0 Å². The molecule has 0 unspecified atom stereocenters. The summed E-state index contributed by atoms with van der Waals surface area (Å²) >= 11 is 6.84. The van der Waals surface area contributed by atoms with Crippen LogP contribution >= 0.6 is 23.4 Å². The minimum Gasteiger partial charge on any atom is -0.463 e. The number of carbonyl (C=O) groups excluding carboxylic acids is 4. The molecule has 0 bridgehead atoms. The minimum atomic E-state index is -1.16. The van der Waals surface area contributed by atoms with Crippen molar-refractivity contribution in [3.05, 3.63) is 0 Å². The molecular formula is C15H21ClO9S. The molecule has 0 aromatic carbocycles. The van der Waals surface area contributed by atoms with Gasteiger partial charge in [-0.15, -0.1) is 23.4 Å². The van der Waals surface area contributed by atoms with E-state index in [9.17, 15) is 19.2 Å². The van der Waals surface area contributed by atoms with Crippen LogP contribution in [0.4, 0.5) is 0 Å². The van der Waals surface area contributed by atoms with E-state index in [1.165, 1.54) is 13.8 Å². The molecule has 11 heteroatoms. The summed E-state index contributed by atoms with van der Waals surface area (Å²) in [5.41, 5.74) is -0.826. The van der Waals surface area contributed by atoms with E-state index < -0.39 is 53.7 Å². The number of thioether (sulfide) groups is 1. The Hall–Kier alpha value is -1.52. The number of hydrogen-bond acceptors (Lipinski definition) is 10. The molecule has 0 radical (unpaired) electrons. The highest BCUT2D eigenvalue weighted by molar-refractivity contribution is 8.00. The molecule has 1 heterocycles.